The molecule has 2 fully saturated rings. The molecule has 0 aromatic carbocycles. The largest absolute Gasteiger partial charge is 0.314 e. The van der Waals surface area contributed by atoms with Crippen molar-refractivity contribution in [2.75, 3.05) is 26.7 Å². The lowest BCUT2D eigenvalue weighted by Gasteiger charge is -2.41. The Balaban J connectivity index is 1.72. The van der Waals surface area contributed by atoms with Gasteiger partial charge in [-0.25, -0.2) is 0 Å². The van der Waals surface area contributed by atoms with Gasteiger partial charge in [0.25, 0.3) is 0 Å². The van der Waals surface area contributed by atoms with Crippen LogP contribution in [0.25, 0.3) is 0 Å². The molecule has 1 heterocycles. The zero-order valence-corrected chi connectivity index (χ0v) is 9.68. The average Bonchev–Trinajstić information content (AvgIpc) is 2.14. The summed E-state index contributed by atoms with van der Waals surface area (Å²) >= 11 is 0. The molecule has 14 heavy (non-hydrogen) atoms. The summed E-state index contributed by atoms with van der Waals surface area (Å²) in [6.07, 6.45) is 7.08. The number of nitrogens with zero attached hydrogens (tertiary/aromatic N) is 1. The molecule has 0 aromatic heterocycles. The molecule has 0 radical (unpaired) electrons. The normalized spacial score (nSPS) is 28.7. The Bertz CT molecular complexity index is 179. The molecule has 0 bridgehead atoms. The van der Waals surface area contributed by atoms with Gasteiger partial charge < -0.3 is 10.2 Å². The van der Waals surface area contributed by atoms with Crippen molar-refractivity contribution in [1.82, 2.24) is 10.2 Å². The van der Waals surface area contributed by atoms with Crippen LogP contribution >= 0.6 is 0 Å². The SMILES string of the molecule is CNC1(C)CCN(CC2CCC2)CC1. The molecular formula is C12H24N2. The minimum Gasteiger partial charge on any atom is -0.314 e. The molecule has 1 aliphatic carbocycles. The molecule has 0 atom stereocenters. The number of piperidine rings is 1. The van der Waals surface area contributed by atoms with E-state index in [1.165, 1.54) is 51.7 Å². The average molecular weight is 196 g/mol. The van der Waals surface area contributed by atoms with Crippen molar-refractivity contribution < 1.29 is 0 Å². The lowest BCUT2D eigenvalue weighted by molar-refractivity contribution is 0.113. The van der Waals surface area contributed by atoms with Crippen LogP contribution in [0.4, 0.5) is 0 Å². The first-order valence-electron chi connectivity index (χ1n) is 6.13. The number of likely N-dealkylation sites (tertiary alicyclic amines) is 1. The predicted octanol–water partition coefficient (Wildman–Crippen LogP) is 1.86. The molecule has 0 spiro atoms. The highest BCUT2D eigenvalue weighted by atomic mass is 15.1. The van der Waals surface area contributed by atoms with Crippen molar-refractivity contribution >= 4 is 0 Å². The van der Waals surface area contributed by atoms with E-state index in [-0.39, 0.29) is 0 Å². The van der Waals surface area contributed by atoms with Gasteiger partial charge >= 0.3 is 0 Å². The van der Waals surface area contributed by atoms with Gasteiger partial charge in [-0.05, 0) is 58.7 Å². The molecular weight excluding hydrogens is 172 g/mol. The van der Waals surface area contributed by atoms with Gasteiger partial charge in [0, 0.05) is 12.1 Å². The van der Waals surface area contributed by atoms with Gasteiger partial charge in [0.1, 0.15) is 0 Å². The second kappa shape index (κ2) is 4.19. The fourth-order valence-corrected chi connectivity index (χ4v) is 2.52. The second-order valence-electron chi connectivity index (χ2n) is 5.41. The van der Waals surface area contributed by atoms with Gasteiger partial charge in [0.15, 0.2) is 0 Å². The van der Waals surface area contributed by atoms with Gasteiger partial charge in [0.2, 0.25) is 0 Å². The van der Waals surface area contributed by atoms with E-state index in [0.29, 0.717) is 5.54 Å². The van der Waals surface area contributed by atoms with Crippen molar-refractivity contribution in [3.05, 3.63) is 0 Å². The van der Waals surface area contributed by atoms with Gasteiger partial charge in [-0.2, -0.15) is 0 Å². The highest BCUT2D eigenvalue weighted by molar-refractivity contribution is 4.89. The lowest BCUT2D eigenvalue weighted by atomic mass is 9.83. The van der Waals surface area contributed by atoms with E-state index in [2.05, 4.69) is 24.2 Å². The fraction of sp³-hybridized carbons (Fsp3) is 1.00. The van der Waals surface area contributed by atoms with E-state index in [0.717, 1.165) is 5.92 Å². The van der Waals surface area contributed by atoms with Crippen LogP contribution in [0.3, 0.4) is 0 Å². The number of nitrogens with one attached hydrogen (secondary N) is 1. The summed E-state index contributed by atoms with van der Waals surface area (Å²) in [4.78, 5) is 2.67. The van der Waals surface area contributed by atoms with Crippen LogP contribution < -0.4 is 5.32 Å². The lowest BCUT2D eigenvalue weighted by Crippen LogP contribution is -2.51. The Morgan fingerprint density at radius 3 is 2.36 bits per heavy atom. The molecule has 1 saturated carbocycles. The van der Waals surface area contributed by atoms with Crippen LogP contribution in [0, 0.1) is 5.92 Å². The van der Waals surface area contributed by atoms with Crippen molar-refractivity contribution in [1.29, 1.82) is 0 Å². The molecule has 1 aliphatic heterocycles. The predicted molar refractivity (Wildman–Crippen MR) is 60.5 cm³/mol. The van der Waals surface area contributed by atoms with E-state index in [1.54, 1.807) is 0 Å². The van der Waals surface area contributed by atoms with E-state index in [1.807, 2.05) is 0 Å². The van der Waals surface area contributed by atoms with E-state index in [4.69, 9.17) is 0 Å². The zero-order valence-electron chi connectivity index (χ0n) is 9.68. The maximum Gasteiger partial charge on any atom is 0.0174 e. The van der Waals surface area contributed by atoms with Gasteiger partial charge in [0.05, 0.1) is 0 Å². The molecule has 0 unspecified atom stereocenters. The number of rotatable bonds is 3. The van der Waals surface area contributed by atoms with Crippen molar-refractivity contribution in [3.8, 4) is 0 Å². The van der Waals surface area contributed by atoms with Crippen LogP contribution in [-0.4, -0.2) is 37.1 Å². The van der Waals surface area contributed by atoms with Gasteiger partial charge in [-0.15, -0.1) is 0 Å². The van der Waals surface area contributed by atoms with Crippen LogP contribution in [0.5, 0.6) is 0 Å². The Labute approximate surface area is 88.1 Å². The summed E-state index contributed by atoms with van der Waals surface area (Å²) in [6, 6.07) is 0. The van der Waals surface area contributed by atoms with Gasteiger partial charge in [-0.1, -0.05) is 6.42 Å². The summed E-state index contributed by atoms with van der Waals surface area (Å²) in [6.45, 7) is 6.33. The first-order chi connectivity index (χ1) is 6.72. The molecule has 2 nitrogen and oxygen atoms in total. The highest BCUT2D eigenvalue weighted by Crippen LogP contribution is 2.29. The number of hydrogen-bond donors (Lipinski definition) is 1. The quantitative estimate of drug-likeness (QED) is 0.741. The second-order valence-corrected chi connectivity index (χ2v) is 5.41. The van der Waals surface area contributed by atoms with Crippen LogP contribution in [0.2, 0.25) is 0 Å². The molecule has 1 N–H and O–H groups in total. The Kier molecular flexibility index (Phi) is 3.13. The first-order valence-corrected chi connectivity index (χ1v) is 6.13. The first kappa shape index (κ1) is 10.4. The molecule has 2 heteroatoms. The molecule has 82 valence electrons. The molecule has 2 rings (SSSR count). The van der Waals surface area contributed by atoms with Crippen LogP contribution in [0.15, 0.2) is 0 Å². The Hall–Kier alpha value is -0.0800. The van der Waals surface area contributed by atoms with Crippen molar-refractivity contribution in [2.45, 2.75) is 44.6 Å². The minimum absolute atomic E-state index is 0.413. The van der Waals surface area contributed by atoms with E-state index >= 15 is 0 Å². The smallest absolute Gasteiger partial charge is 0.0174 e. The molecule has 0 aromatic rings. The highest BCUT2D eigenvalue weighted by Gasteiger charge is 2.30. The number of hydrogen-bond acceptors (Lipinski definition) is 2. The zero-order chi connectivity index (χ0) is 10.0. The molecule has 2 aliphatic rings. The third-order valence-electron chi connectivity index (χ3n) is 4.30. The molecule has 0 amide bonds. The topological polar surface area (TPSA) is 15.3 Å². The maximum absolute atomic E-state index is 3.46. The summed E-state index contributed by atoms with van der Waals surface area (Å²) in [7, 11) is 2.10. The third-order valence-corrected chi connectivity index (χ3v) is 4.30. The van der Waals surface area contributed by atoms with Crippen molar-refractivity contribution in [2.24, 2.45) is 5.92 Å². The summed E-state index contributed by atoms with van der Waals surface area (Å²) < 4.78 is 0. The summed E-state index contributed by atoms with van der Waals surface area (Å²) in [5.41, 5.74) is 0.413. The Morgan fingerprint density at radius 2 is 1.93 bits per heavy atom. The maximum atomic E-state index is 3.46. The van der Waals surface area contributed by atoms with Crippen LogP contribution in [-0.2, 0) is 0 Å². The monoisotopic (exact) mass is 196 g/mol. The van der Waals surface area contributed by atoms with Gasteiger partial charge in [-0.3, -0.25) is 0 Å². The summed E-state index contributed by atoms with van der Waals surface area (Å²) in [5.74, 6) is 1.04. The minimum atomic E-state index is 0.413. The fourth-order valence-electron chi connectivity index (χ4n) is 2.52. The molecule has 1 saturated heterocycles. The third kappa shape index (κ3) is 2.29. The Morgan fingerprint density at radius 1 is 1.29 bits per heavy atom. The van der Waals surface area contributed by atoms with E-state index in [9.17, 15) is 0 Å². The summed E-state index contributed by atoms with van der Waals surface area (Å²) in [5, 5.41) is 3.46. The van der Waals surface area contributed by atoms with Crippen LogP contribution in [0.1, 0.15) is 39.0 Å². The van der Waals surface area contributed by atoms with E-state index < -0.39 is 0 Å². The standard InChI is InChI=1S/C12H24N2/c1-12(13-2)6-8-14(9-7-12)10-11-4-3-5-11/h11,13H,3-10H2,1-2H3. The van der Waals surface area contributed by atoms with Crippen molar-refractivity contribution in [3.63, 3.8) is 0 Å².